The van der Waals surface area contributed by atoms with Gasteiger partial charge in [-0.2, -0.15) is 5.26 Å². The van der Waals surface area contributed by atoms with Gasteiger partial charge in [0.05, 0.1) is 24.8 Å². The monoisotopic (exact) mass is 445 g/mol. The molecule has 6 nitrogen and oxygen atoms in total. The number of ether oxygens (including phenoxy) is 1. The summed E-state index contributed by atoms with van der Waals surface area (Å²) in [4.78, 5) is 17.0. The first-order valence-electron chi connectivity index (χ1n) is 10.2. The van der Waals surface area contributed by atoms with Crippen molar-refractivity contribution < 1.29 is 14.6 Å². The van der Waals surface area contributed by atoms with E-state index < -0.39 is 11.3 Å². The van der Waals surface area contributed by atoms with Crippen molar-refractivity contribution in [2.24, 2.45) is 0 Å². The standard InChI is InChI=1S/C25H20ClN3O3/c1-17-5-9-21(10-6-17)28-23(30)29(22-11-7-20(26)8-12-22)25(31,24(28)15-32-16-24)19-4-2-3-18(13-19)14-27/h2-13,31H,15-16H2,1H3. The van der Waals surface area contributed by atoms with Gasteiger partial charge < -0.3 is 9.84 Å². The zero-order valence-corrected chi connectivity index (χ0v) is 18.1. The molecule has 2 fully saturated rings. The van der Waals surface area contributed by atoms with Crippen LogP contribution < -0.4 is 9.80 Å². The molecule has 1 N–H and O–H groups in total. The van der Waals surface area contributed by atoms with E-state index in [0.717, 1.165) is 5.56 Å². The number of benzene rings is 3. The zero-order valence-electron chi connectivity index (χ0n) is 17.3. The minimum atomic E-state index is -1.78. The second kappa shape index (κ2) is 7.35. The molecule has 3 aromatic carbocycles. The van der Waals surface area contributed by atoms with Crippen LogP contribution in [0.1, 0.15) is 16.7 Å². The van der Waals surface area contributed by atoms with Gasteiger partial charge >= 0.3 is 6.03 Å². The summed E-state index contributed by atoms with van der Waals surface area (Å²) in [5.74, 6) is 0. The SMILES string of the molecule is Cc1ccc(N2C(=O)N(c3ccc(Cl)cc3)C(O)(c3cccc(C#N)c3)C23COC3)cc1. The molecule has 1 spiro atoms. The lowest BCUT2D eigenvalue weighted by atomic mass is 9.78. The number of aliphatic hydroxyl groups is 1. The number of hydrogen-bond donors (Lipinski definition) is 1. The molecule has 3 aromatic rings. The predicted molar refractivity (Wildman–Crippen MR) is 122 cm³/mol. The number of halogens is 1. The zero-order chi connectivity index (χ0) is 22.5. The first-order chi connectivity index (χ1) is 15.4. The van der Waals surface area contributed by atoms with Crippen LogP contribution in [-0.2, 0) is 10.5 Å². The number of amides is 2. The Morgan fingerprint density at radius 2 is 1.62 bits per heavy atom. The van der Waals surface area contributed by atoms with Crippen LogP contribution in [0.3, 0.4) is 0 Å². The lowest BCUT2D eigenvalue weighted by Crippen LogP contribution is -2.70. The van der Waals surface area contributed by atoms with Gasteiger partial charge in [0.15, 0.2) is 0 Å². The molecule has 2 saturated heterocycles. The first-order valence-corrected chi connectivity index (χ1v) is 10.6. The van der Waals surface area contributed by atoms with Gasteiger partial charge in [0.25, 0.3) is 0 Å². The van der Waals surface area contributed by atoms with E-state index in [-0.39, 0.29) is 19.2 Å². The van der Waals surface area contributed by atoms with Crippen molar-refractivity contribution in [2.45, 2.75) is 18.2 Å². The third kappa shape index (κ3) is 2.76. The molecule has 160 valence electrons. The van der Waals surface area contributed by atoms with Crippen LogP contribution in [0.4, 0.5) is 16.2 Å². The van der Waals surface area contributed by atoms with E-state index in [1.807, 2.05) is 31.2 Å². The van der Waals surface area contributed by atoms with Crippen LogP contribution in [0.2, 0.25) is 5.02 Å². The molecular formula is C25H20ClN3O3. The van der Waals surface area contributed by atoms with Gasteiger partial charge in [-0.1, -0.05) is 41.4 Å². The number of nitriles is 1. The molecule has 0 bridgehead atoms. The lowest BCUT2D eigenvalue weighted by molar-refractivity contribution is -0.153. The van der Waals surface area contributed by atoms with Crippen LogP contribution in [0.15, 0.2) is 72.8 Å². The van der Waals surface area contributed by atoms with E-state index in [2.05, 4.69) is 6.07 Å². The van der Waals surface area contributed by atoms with Gasteiger partial charge in [-0.05, 0) is 55.5 Å². The highest BCUT2D eigenvalue weighted by molar-refractivity contribution is 6.30. The fraction of sp³-hybridized carbons (Fsp3) is 0.200. The summed E-state index contributed by atoms with van der Waals surface area (Å²) in [7, 11) is 0. The Balaban J connectivity index is 1.77. The molecule has 0 aromatic heterocycles. The number of rotatable bonds is 3. The third-order valence-corrected chi connectivity index (χ3v) is 6.49. The highest BCUT2D eigenvalue weighted by atomic mass is 35.5. The first kappa shape index (κ1) is 20.5. The summed E-state index contributed by atoms with van der Waals surface area (Å²) in [5.41, 5.74) is 0.189. The maximum absolute atomic E-state index is 14.0. The quantitative estimate of drug-likeness (QED) is 0.640. The summed E-state index contributed by atoms with van der Waals surface area (Å²) >= 11 is 6.08. The van der Waals surface area contributed by atoms with Crippen LogP contribution in [0.25, 0.3) is 0 Å². The summed E-state index contributed by atoms with van der Waals surface area (Å²) in [6.45, 7) is 2.26. The molecular weight excluding hydrogens is 426 g/mol. The van der Waals surface area contributed by atoms with Crippen LogP contribution in [0, 0.1) is 18.3 Å². The van der Waals surface area contributed by atoms with Crippen molar-refractivity contribution in [2.75, 3.05) is 23.0 Å². The Hall–Kier alpha value is -3.37. The number of carbonyl (C=O) groups excluding carboxylic acids is 1. The lowest BCUT2D eigenvalue weighted by Gasteiger charge is -2.51. The minimum absolute atomic E-state index is 0.143. The van der Waals surface area contributed by atoms with Gasteiger partial charge in [-0.15, -0.1) is 0 Å². The highest BCUT2D eigenvalue weighted by Crippen LogP contribution is 2.54. The number of aryl methyl sites for hydroxylation is 1. The van der Waals surface area contributed by atoms with E-state index in [1.54, 1.807) is 53.4 Å². The number of hydrogen-bond acceptors (Lipinski definition) is 4. The number of anilines is 2. The Morgan fingerprint density at radius 3 is 2.22 bits per heavy atom. The number of urea groups is 1. The molecule has 2 amide bonds. The Morgan fingerprint density at radius 1 is 1.00 bits per heavy atom. The van der Waals surface area contributed by atoms with Crippen molar-refractivity contribution in [1.82, 2.24) is 0 Å². The van der Waals surface area contributed by atoms with Crippen molar-refractivity contribution in [1.29, 1.82) is 5.26 Å². The van der Waals surface area contributed by atoms with Crippen LogP contribution in [0.5, 0.6) is 0 Å². The molecule has 0 saturated carbocycles. The third-order valence-electron chi connectivity index (χ3n) is 6.24. The summed E-state index contributed by atoms with van der Waals surface area (Å²) in [6.07, 6.45) is 0. The molecule has 2 heterocycles. The predicted octanol–water partition coefficient (Wildman–Crippen LogP) is 4.58. The largest absolute Gasteiger partial charge is 0.376 e. The van der Waals surface area contributed by atoms with Crippen LogP contribution >= 0.6 is 11.6 Å². The van der Waals surface area contributed by atoms with E-state index in [9.17, 15) is 15.2 Å². The Kier molecular flexibility index (Phi) is 4.72. The van der Waals surface area contributed by atoms with E-state index in [1.165, 1.54) is 4.90 Å². The highest BCUT2D eigenvalue weighted by Gasteiger charge is 2.72. The van der Waals surface area contributed by atoms with Crippen molar-refractivity contribution in [3.8, 4) is 6.07 Å². The fourth-order valence-electron chi connectivity index (χ4n) is 4.55. The average molecular weight is 446 g/mol. The Bertz CT molecular complexity index is 1230. The van der Waals surface area contributed by atoms with Gasteiger partial charge in [-0.25, -0.2) is 4.79 Å². The molecule has 1 unspecified atom stereocenters. The van der Waals surface area contributed by atoms with Gasteiger partial charge in [-0.3, -0.25) is 9.80 Å². The average Bonchev–Trinajstić information content (AvgIpc) is 3.00. The van der Waals surface area contributed by atoms with E-state index in [0.29, 0.717) is 27.5 Å². The molecule has 0 radical (unpaired) electrons. The second-order valence-electron chi connectivity index (χ2n) is 8.15. The number of nitrogens with zero attached hydrogens (tertiary/aromatic N) is 3. The number of carbonyl (C=O) groups is 1. The molecule has 0 aliphatic carbocycles. The van der Waals surface area contributed by atoms with Crippen molar-refractivity contribution in [3.63, 3.8) is 0 Å². The Labute approximate surface area is 190 Å². The van der Waals surface area contributed by atoms with Crippen molar-refractivity contribution >= 4 is 29.0 Å². The summed E-state index contributed by atoms with van der Waals surface area (Å²) in [6, 6.07) is 22.8. The topological polar surface area (TPSA) is 76.8 Å². The summed E-state index contributed by atoms with van der Waals surface area (Å²) < 4.78 is 5.59. The van der Waals surface area contributed by atoms with Gasteiger partial charge in [0.1, 0.15) is 5.54 Å². The summed E-state index contributed by atoms with van der Waals surface area (Å²) in [5, 5.41) is 22.4. The fourth-order valence-corrected chi connectivity index (χ4v) is 4.68. The minimum Gasteiger partial charge on any atom is -0.376 e. The molecule has 32 heavy (non-hydrogen) atoms. The molecule has 7 heteroatoms. The normalized spacial score (nSPS) is 21.5. The molecule has 2 aliphatic heterocycles. The maximum atomic E-state index is 14.0. The van der Waals surface area contributed by atoms with Gasteiger partial charge in [0.2, 0.25) is 5.72 Å². The molecule has 2 aliphatic rings. The van der Waals surface area contributed by atoms with Crippen molar-refractivity contribution in [3.05, 3.63) is 94.5 Å². The maximum Gasteiger partial charge on any atom is 0.332 e. The van der Waals surface area contributed by atoms with Crippen LogP contribution in [-0.4, -0.2) is 29.9 Å². The molecule has 1 atom stereocenters. The van der Waals surface area contributed by atoms with Gasteiger partial charge in [0, 0.05) is 22.0 Å². The second-order valence-corrected chi connectivity index (χ2v) is 8.59. The smallest absolute Gasteiger partial charge is 0.332 e. The van der Waals surface area contributed by atoms with E-state index >= 15 is 0 Å². The molecule has 5 rings (SSSR count). The van der Waals surface area contributed by atoms with E-state index in [4.69, 9.17) is 16.3 Å².